The predicted octanol–water partition coefficient (Wildman–Crippen LogP) is 4.24. The summed E-state index contributed by atoms with van der Waals surface area (Å²) in [6.07, 6.45) is 0. The second-order valence-corrected chi connectivity index (χ2v) is 5.88. The lowest BCUT2D eigenvalue weighted by Gasteiger charge is -2.10. The molecule has 1 N–H and O–H groups in total. The number of rotatable bonds is 4. The van der Waals surface area contributed by atoms with Crippen LogP contribution in [-0.2, 0) is 0 Å². The van der Waals surface area contributed by atoms with E-state index >= 15 is 0 Å². The van der Waals surface area contributed by atoms with E-state index in [4.69, 9.17) is 0 Å². The van der Waals surface area contributed by atoms with E-state index in [-0.39, 0.29) is 11.8 Å². The highest BCUT2D eigenvalue weighted by Gasteiger charge is 2.10. The third-order valence-electron chi connectivity index (χ3n) is 2.98. The van der Waals surface area contributed by atoms with Gasteiger partial charge >= 0.3 is 0 Å². The molecule has 2 aromatic rings. The molecule has 0 aliphatic rings. The average Bonchev–Trinajstić information content (AvgIpc) is 2.48. The smallest absolute Gasteiger partial charge is 0.267 e. The molecule has 0 unspecified atom stereocenters. The van der Waals surface area contributed by atoms with Crippen LogP contribution in [0.2, 0.25) is 0 Å². The number of hydrogen-bond acceptors (Lipinski definition) is 2. The molecule has 21 heavy (non-hydrogen) atoms. The first-order valence-corrected chi connectivity index (χ1v) is 7.56. The Morgan fingerprint density at radius 1 is 1.05 bits per heavy atom. The second-order valence-electron chi connectivity index (χ2n) is 4.97. The Balaban J connectivity index is 2.19. The summed E-state index contributed by atoms with van der Waals surface area (Å²) in [5.74, 6) is 0.000547. The van der Waals surface area contributed by atoms with Gasteiger partial charge in [-0.3, -0.25) is 4.79 Å². The van der Waals surface area contributed by atoms with Gasteiger partial charge in [0.15, 0.2) is 0 Å². The van der Waals surface area contributed by atoms with Crippen LogP contribution < -0.4 is 5.43 Å². The van der Waals surface area contributed by atoms with Gasteiger partial charge in [-0.05, 0) is 29.7 Å². The number of carbonyl (C=O) groups is 1. The Labute approximate surface area is 133 Å². The average molecular weight is 345 g/mol. The number of halogens is 1. The van der Waals surface area contributed by atoms with Gasteiger partial charge in [-0.2, -0.15) is 5.10 Å². The molecule has 3 nitrogen and oxygen atoms in total. The van der Waals surface area contributed by atoms with Gasteiger partial charge in [0.25, 0.3) is 5.91 Å². The standard InChI is InChI=1S/C17H17BrN2O/c1-12(2)16(13-7-4-3-5-8-13)19-20-17(21)14-9-6-10-15(18)11-14/h3-12H,1-2H3,(H,20,21)/b19-16-. The van der Waals surface area contributed by atoms with Crippen molar-refractivity contribution >= 4 is 27.5 Å². The Morgan fingerprint density at radius 3 is 2.33 bits per heavy atom. The van der Waals surface area contributed by atoms with Gasteiger partial charge in [-0.25, -0.2) is 5.43 Å². The normalized spacial score (nSPS) is 11.5. The molecule has 0 atom stereocenters. The monoisotopic (exact) mass is 344 g/mol. The number of nitrogens with zero attached hydrogens (tertiary/aromatic N) is 1. The molecule has 0 bridgehead atoms. The molecule has 0 saturated heterocycles. The molecule has 1 amide bonds. The lowest BCUT2D eigenvalue weighted by atomic mass is 10.0. The quantitative estimate of drug-likeness (QED) is 0.654. The number of hydrogen-bond donors (Lipinski definition) is 1. The van der Waals surface area contributed by atoms with Crippen LogP contribution in [0.3, 0.4) is 0 Å². The largest absolute Gasteiger partial charge is 0.271 e. The third kappa shape index (κ3) is 4.26. The first-order chi connectivity index (χ1) is 10.1. The van der Waals surface area contributed by atoms with Crippen LogP contribution in [0.5, 0.6) is 0 Å². The summed E-state index contributed by atoms with van der Waals surface area (Å²) >= 11 is 3.35. The zero-order valence-corrected chi connectivity index (χ0v) is 13.6. The van der Waals surface area contributed by atoms with E-state index in [1.54, 1.807) is 12.1 Å². The minimum atomic E-state index is -0.217. The molecule has 0 aliphatic carbocycles. The van der Waals surface area contributed by atoms with Crippen molar-refractivity contribution < 1.29 is 4.79 Å². The van der Waals surface area contributed by atoms with Crippen LogP contribution in [0.15, 0.2) is 64.2 Å². The Morgan fingerprint density at radius 2 is 1.71 bits per heavy atom. The number of carbonyl (C=O) groups excluding carboxylic acids is 1. The summed E-state index contributed by atoms with van der Waals surface area (Å²) in [6.45, 7) is 4.11. The van der Waals surface area contributed by atoms with Crippen molar-refractivity contribution in [1.29, 1.82) is 0 Å². The molecule has 2 rings (SSSR count). The van der Waals surface area contributed by atoms with Crippen LogP contribution >= 0.6 is 15.9 Å². The van der Waals surface area contributed by atoms with Crippen molar-refractivity contribution in [3.05, 3.63) is 70.2 Å². The summed E-state index contributed by atoms with van der Waals surface area (Å²) in [7, 11) is 0. The summed E-state index contributed by atoms with van der Waals surface area (Å²) < 4.78 is 0.867. The summed E-state index contributed by atoms with van der Waals surface area (Å²) in [5.41, 5.74) is 5.08. The van der Waals surface area contributed by atoms with Gasteiger partial charge in [-0.15, -0.1) is 0 Å². The van der Waals surface area contributed by atoms with Gasteiger partial charge in [-0.1, -0.05) is 66.2 Å². The fourth-order valence-electron chi connectivity index (χ4n) is 1.94. The van der Waals surface area contributed by atoms with Gasteiger partial charge in [0.2, 0.25) is 0 Å². The number of hydrazone groups is 1. The Hall–Kier alpha value is -1.94. The maximum Gasteiger partial charge on any atom is 0.271 e. The summed E-state index contributed by atoms with van der Waals surface area (Å²) in [6, 6.07) is 17.1. The molecule has 4 heteroatoms. The zero-order valence-electron chi connectivity index (χ0n) is 12.0. The van der Waals surface area contributed by atoms with Gasteiger partial charge < -0.3 is 0 Å². The Bertz CT molecular complexity index is 651. The molecule has 0 aliphatic heterocycles. The van der Waals surface area contributed by atoms with Crippen molar-refractivity contribution in [2.45, 2.75) is 13.8 Å². The lowest BCUT2D eigenvalue weighted by molar-refractivity contribution is 0.0954. The molecule has 0 spiro atoms. The molecule has 108 valence electrons. The van der Waals surface area contributed by atoms with E-state index in [1.165, 1.54) is 0 Å². The van der Waals surface area contributed by atoms with Gasteiger partial charge in [0.1, 0.15) is 0 Å². The number of nitrogens with one attached hydrogen (secondary N) is 1. The van der Waals surface area contributed by atoms with Crippen molar-refractivity contribution in [3.63, 3.8) is 0 Å². The van der Waals surface area contributed by atoms with Crippen LogP contribution in [0, 0.1) is 5.92 Å². The van der Waals surface area contributed by atoms with Gasteiger partial charge in [0.05, 0.1) is 5.71 Å². The zero-order chi connectivity index (χ0) is 15.2. The minimum absolute atomic E-state index is 0.217. The van der Waals surface area contributed by atoms with Gasteiger partial charge in [0, 0.05) is 10.0 Å². The molecule has 0 fully saturated rings. The molecular formula is C17H17BrN2O. The third-order valence-corrected chi connectivity index (χ3v) is 3.47. The maximum absolute atomic E-state index is 12.1. The Kier molecular flexibility index (Phi) is 5.28. The minimum Gasteiger partial charge on any atom is -0.267 e. The van der Waals surface area contributed by atoms with E-state index in [9.17, 15) is 4.79 Å². The second kappa shape index (κ2) is 7.18. The topological polar surface area (TPSA) is 41.5 Å². The molecular weight excluding hydrogens is 328 g/mol. The SMILES string of the molecule is CC(C)/C(=N/NC(=O)c1cccc(Br)c1)c1ccccc1. The van der Waals surface area contributed by atoms with E-state index in [1.807, 2.05) is 42.5 Å². The fourth-order valence-corrected chi connectivity index (χ4v) is 2.34. The molecule has 0 radical (unpaired) electrons. The predicted molar refractivity (Wildman–Crippen MR) is 89.4 cm³/mol. The number of benzene rings is 2. The van der Waals surface area contributed by atoms with E-state index in [0.29, 0.717) is 5.56 Å². The van der Waals surface area contributed by atoms with Crippen LogP contribution in [0.4, 0.5) is 0 Å². The lowest BCUT2D eigenvalue weighted by Crippen LogP contribution is -2.22. The maximum atomic E-state index is 12.1. The van der Waals surface area contributed by atoms with Crippen molar-refractivity contribution in [2.24, 2.45) is 11.0 Å². The fraction of sp³-hybridized carbons (Fsp3) is 0.176. The van der Waals surface area contributed by atoms with Crippen LogP contribution in [-0.4, -0.2) is 11.6 Å². The van der Waals surface area contributed by atoms with Crippen molar-refractivity contribution in [2.75, 3.05) is 0 Å². The van der Waals surface area contributed by atoms with E-state index in [0.717, 1.165) is 15.7 Å². The molecule has 0 aromatic heterocycles. The van der Waals surface area contributed by atoms with Crippen LogP contribution in [0.1, 0.15) is 29.8 Å². The first kappa shape index (κ1) is 15.4. The summed E-state index contributed by atoms with van der Waals surface area (Å²) in [5, 5.41) is 4.30. The molecule has 0 saturated carbocycles. The highest BCUT2D eigenvalue weighted by Crippen LogP contribution is 2.12. The van der Waals surface area contributed by atoms with Crippen LogP contribution in [0.25, 0.3) is 0 Å². The van der Waals surface area contributed by atoms with Crippen molar-refractivity contribution in [3.8, 4) is 0 Å². The highest BCUT2D eigenvalue weighted by atomic mass is 79.9. The molecule has 0 heterocycles. The van der Waals surface area contributed by atoms with E-state index in [2.05, 4.69) is 40.3 Å². The first-order valence-electron chi connectivity index (χ1n) is 6.77. The van der Waals surface area contributed by atoms with Crippen molar-refractivity contribution in [1.82, 2.24) is 5.43 Å². The summed E-state index contributed by atoms with van der Waals surface area (Å²) in [4.78, 5) is 12.1. The number of amides is 1. The molecule has 2 aromatic carbocycles. The highest BCUT2D eigenvalue weighted by molar-refractivity contribution is 9.10. The van der Waals surface area contributed by atoms with E-state index < -0.39 is 0 Å².